The molecule has 0 spiro atoms. The molecule has 3 aromatic heterocycles. The van der Waals surface area contributed by atoms with Gasteiger partial charge in [-0.1, -0.05) is 25.5 Å². The Balaban J connectivity index is 1.37. The van der Waals surface area contributed by atoms with E-state index in [0.717, 1.165) is 63.9 Å². The van der Waals surface area contributed by atoms with Crippen LogP contribution in [0.3, 0.4) is 0 Å². The van der Waals surface area contributed by atoms with Crippen LogP contribution in [-0.4, -0.2) is 50.7 Å². The number of fused-ring (bicyclic) bond motifs is 1. The molecule has 0 saturated heterocycles. The van der Waals surface area contributed by atoms with E-state index in [0.29, 0.717) is 10.8 Å². The minimum Gasteiger partial charge on any atom is -0.477 e. The highest BCUT2D eigenvalue weighted by Crippen LogP contribution is 2.44. The molecule has 1 saturated carbocycles. The van der Waals surface area contributed by atoms with E-state index >= 15 is 0 Å². The quantitative estimate of drug-likeness (QED) is 0.275. The molecule has 6 rings (SSSR count). The molecule has 4 heterocycles. The Labute approximate surface area is 234 Å². The number of rotatable bonds is 6. The Morgan fingerprint density at radius 1 is 1.13 bits per heavy atom. The van der Waals surface area contributed by atoms with Crippen LogP contribution >= 0.6 is 11.3 Å². The number of hydrogen-bond acceptors (Lipinski definition) is 5. The summed E-state index contributed by atoms with van der Waals surface area (Å²) in [4.78, 5) is 20.8. The Morgan fingerprint density at radius 3 is 2.67 bits per heavy atom. The van der Waals surface area contributed by atoms with Crippen molar-refractivity contribution in [2.75, 3.05) is 20.1 Å². The first-order chi connectivity index (χ1) is 18.9. The van der Waals surface area contributed by atoms with Gasteiger partial charge < -0.3 is 10.0 Å². The molecule has 0 bridgehead atoms. The minimum absolute atomic E-state index is 0.470. The van der Waals surface area contributed by atoms with E-state index in [1.54, 1.807) is 10.7 Å². The third-order valence-corrected chi connectivity index (χ3v) is 9.93. The van der Waals surface area contributed by atoms with Crippen LogP contribution < -0.4 is 0 Å². The van der Waals surface area contributed by atoms with Gasteiger partial charge in [0.15, 0.2) is 5.65 Å². The predicted octanol–water partition coefficient (Wildman–Crippen LogP) is 7.44. The van der Waals surface area contributed by atoms with Crippen LogP contribution in [0, 0.1) is 18.8 Å². The molecule has 1 N–H and O–H groups in total. The van der Waals surface area contributed by atoms with E-state index in [2.05, 4.69) is 60.1 Å². The van der Waals surface area contributed by atoms with Crippen molar-refractivity contribution in [3.05, 3.63) is 70.4 Å². The average molecular weight is 541 g/mol. The zero-order valence-corrected chi connectivity index (χ0v) is 23.8. The SMILES string of the molecule is CCC1CCC(C2=C(c3cc(-c4ccc(-c5cc6ncccn6n5)c(C)c4)sc3C(=O)O)CCN(C)C2)CC1. The van der Waals surface area contributed by atoms with Gasteiger partial charge in [0.05, 0.1) is 5.69 Å². The lowest BCUT2D eigenvalue weighted by Gasteiger charge is -2.36. The zero-order valence-electron chi connectivity index (χ0n) is 23.0. The predicted molar refractivity (Wildman–Crippen MR) is 158 cm³/mol. The van der Waals surface area contributed by atoms with Crippen molar-refractivity contribution in [3.63, 3.8) is 0 Å². The smallest absolute Gasteiger partial charge is 0.346 e. The number of nitrogens with zero attached hydrogens (tertiary/aromatic N) is 4. The second-order valence-electron chi connectivity index (χ2n) is 11.3. The molecular weight excluding hydrogens is 504 g/mol. The summed E-state index contributed by atoms with van der Waals surface area (Å²) in [6.07, 6.45) is 10.9. The van der Waals surface area contributed by atoms with Crippen molar-refractivity contribution in [2.45, 2.75) is 52.4 Å². The second-order valence-corrected chi connectivity index (χ2v) is 12.3. The second kappa shape index (κ2) is 10.7. The first-order valence-electron chi connectivity index (χ1n) is 14.1. The van der Waals surface area contributed by atoms with Crippen LogP contribution in [0.2, 0.25) is 0 Å². The summed E-state index contributed by atoms with van der Waals surface area (Å²) in [5.41, 5.74) is 8.63. The Bertz CT molecular complexity index is 1520. The molecule has 6 nitrogen and oxygen atoms in total. The van der Waals surface area contributed by atoms with Crippen LogP contribution in [0.1, 0.15) is 66.2 Å². The summed E-state index contributed by atoms with van der Waals surface area (Å²) in [7, 11) is 2.19. The molecule has 7 heteroatoms. The van der Waals surface area contributed by atoms with Crippen molar-refractivity contribution < 1.29 is 9.90 Å². The van der Waals surface area contributed by atoms with Gasteiger partial charge in [0.25, 0.3) is 0 Å². The number of aromatic nitrogens is 3. The number of carboxylic acid groups (broad SMARTS) is 1. The highest BCUT2D eigenvalue weighted by Gasteiger charge is 2.30. The highest BCUT2D eigenvalue weighted by atomic mass is 32.1. The molecule has 1 aromatic carbocycles. The summed E-state index contributed by atoms with van der Waals surface area (Å²) in [6.45, 7) is 6.31. The molecule has 0 atom stereocenters. The van der Waals surface area contributed by atoms with Crippen LogP contribution in [0.15, 0.2) is 54.4 Å². The number of likely N-dealkylation sites (N-methyl/N-ethyl adjacent to an activating group) is 1. The van der Waals surface area contributed by atoms with Crippen molar-refractivity contribution in [2.24, 2.45) is 11.8 Å². The summed E-state index contributed by atoms with van der Waals surface area (Å²) in [5, 5.41) is 14.9. The van der Waals surface area contributed by atoms with Gasteiger partial charge in [-0.2, -0.15) is 5.10 Å². The van der Waals surface area contributed by atoms with E-state index in [9.17, 15) is 9.90 Å². The molecule has 1 aliphatic heterocycles. The maximum Gasteiger partial charge on any atom is 0.346 e. The normalized spacial score (nSPS) is 20.6. The number of benzene rings is 1. The van der Waals surface area contributed by atoms with Gasteiger partial charge in [0.1, 0.15) is 4.88 Å². The van der Waals surface area contributed by atoms with E-state index < -0.39 is 5.97 Å². The fourth-order valence-electron chi connectivity index (χ4n) is 6.51. The average Bonchev–Trinajstić information content (AvgIpc) is 3.58. The fourth-order valence-corrected chi connectivity index (χ4v) is 7.53. The Kier molecular flexibility index (Phi) is 7.12. The number of hydrogen-bond donors (Lipinski definition) is 1. The van der Waals surface area contributed by atoms with E-state index in [1.807, 2.05) is 18.3 Å². The molecule has 0 amide bonds. The van der Waals surface area contributed by atoms with Gasteiger partial charge >= 0.3 is 5.97 Å². The van der Waals surface area contributed by atoms with Crippen molar-refractivity contribution in [1.29, 1.82) is 0 Å². The van der Waals surface area contributed by atoms with E-state index in [-0.39, 0.29) is 0 Å². The monoisotopic (exact) mass is 540 g/mol. The zero-order chi connectivity index (χ0) is 27.1. The van der Waals surface area contributed by atoms with Gasteiger partial charge in [0.2, 0.25) is 0 Å². The van der Waals surface area contributed by atoms with Crippen molar-refractivity contribution in [3.8, 4) is 21.7 Å². The van der Waals surface area contributed by atoms with Crippen LogP contribution in [0.5, 0.6) is 0 Å². The number of aromatic carboxylic acids is 1. The van der Waals surface area contributed by atoms with Gasteiger partial charge in [-0.05, 0) is 98.4 Å². The molecule has 0 unspecified atom stereocenters. The largest absolute Gasteiger partial charge is 0.477 e. The number of aryl methyl sites for hydroxylation is 1. The minimum atomic E-state index is -0.827. The van der Waals surface area contributed by atoms with E-state index in [4.69, 9.17) is 0 Å². The summed E-state index contributed by atoms with van der Waals surface area (Å²) in [6, 6.07) is 12.4. The first kappa shape index (κ1) is 26.0. The van der Waals surface area contributed by atoms with Gasteiger partial charge in [-0.15, -0.1) is 11.3 Å². The molecule has 0 radical (unpaired) electrons. The fraction of sp³-hybridized carbons (Fsp3) is 0.406. The summed E-state index contributed by atoms with van der Waals surface area (Å²) in [5.74, 6) is 0.584. The van der Waals surface area contributed by atoms with Gasteiger partial charge in [-0.25, -0.2) is 14.3 Å². The molecular formula is C32H36N4O2S. The first-order valence-corrected chi connectivity index (χ1v) is 14.9. The molecule has 1 aliphatic carbocycles. The lowest BCUT2D eigenvalue weighted by Crippen LogP contribution is -2.32. The molecule has 2 aliphatic rings. The maximum absolute atomic E-state index is 12.5. The Morgan fingerprint density at radius 2 is 1.95 bits per heavy atom. The third-order valence-electron chi connectivity index (χ3n) is 8.76. The van der Waals surface area contributed by atoms with Crippen LogP contribution in [0.25, 0.3) is 32.9 Å². The summed E-state index contributed by atoms with van der Waals surface area (Å²) < 4.78 is 1.79. The number of carboxylic acids is 1. The maximum atomic E-state index is 12.5. The number of thiophene rings is 1. The van der Waals surface area contributed by atoms with Gasteiger partial charge in [0, 0.05) is 47.6 Å². The van der Waals surface area contributed by atoms with E-state index in [1.165, 1.54) is 54.6 Å². The van der Waals surface area contributed by atoms with Gasteiger partial charge in [-0.3, -0.25) is 0 Å². The molecule has 1 fully saturated rings. The number of carbonyl (C=O) groups is 1. The van der Waals surface area contributed by atoms with Crippen molar-refractivity contribution >= 4 is 28.5 Å². The lowest BCUT2D eigenvalue weighted by atomic mass is 9.74. The van der Waals surface area contributed by atoms with Crippen LogP contribution in [-0.2, 0) is 0 Å². The van der Waals surface area contributed by atoms with Crippen molar-refractivity contribution in [1.82, 2.24) is 19.5 Å². The van der Waals surface area contributed by atoms with Crippen LogP contribution in [0.4, 0.5) is 0 Å². The molecule has 202 valence electrons. The summed E-state index contributed by atoms with van der Waals surface area (Å²) >= 11 is 1.40. The molecule has 39 heavy (non-hydrogen) atoms. The standard InChI is InChI=1S/C32H36N4O2S/c1-4-21-6-8-22(9-7-21)27-19-35(3)15-12-25(27)26-17-29(39-31(26)32(37)38)23-10-11-24(20(2)16-23)28-18-30-33-13-5-14-36(30)34-28/h5,10-11,13-14,16-18,21-22H,4,6-9,12,15,19H2,1-3H3,(H,37,38). The Hall–Kier alpha value is -3.29. The lowest BCUT2D eigenvalue weighted by molar-refractivity contribution is 0.0702. The molecule has 4 aromatic rings. The third kappa shape index (κ3) is 5.06. The highest BCUT2D eigenvalue weighted by molar-refractivity contribution is 7.17. The topological polar surface area (TPSA) is 70.7 Å².